The molecule has 17 aromatic rings. The number of hydrogen-bond acceptors (Lipinski definition) is 0. The van der Waals surface area contributed by atoms with E-state index < -0.39 is 0 Å². The maximum absolute atomic E-state index is 2.48. The van der Waals surface area contributed by atoms with E-state index in [1.165, 1.54) is 132 Å². The Hall–Kier alpha value is -10.9. The molecule has 0 radical (unpaired) electrons. The first-order valence-electron chi connectivity index (χ1n) is 28.2. The van der Waals surface area contributed by atoms with Crippen LogP contribution in [0.5, 0.6) is 0 Å². The molecule has 0 bridgehead atoms. The molecule has 0 aliphatic carbocycles. The molecule has 4 heterocycles. The van der Waals surface area contributed by atoms with E-state index >= 15 is 0 Å². The van der Waals surface area contributed by atoms with Gasteiger partial charge in [0.05, 0.1) is 44.1 Å². The molecule has 0 aliphatic rings. The van der Waals surface area contributed by atoms with Gasteiger partial charge in [0.15, 0.2) is 0 Å². The molecule has 17 rings (SSSR count). The first-order chi connectivity index (χ1) is 40.7. The van der Waals surface area contributed by atoms with Gasteiger partial charge in [0, 0.05) is 65.8 Å². The molecule has 4 aromatic heterocycles. The van der Waals surface area contributed by atoms with E-state index in [1.807, 2.05) is 0 Å². The minimum Gasteiger partial charge on any atom is -0.309 e. The van der Waals surface area contributed by atoms with Gasteiger partial charge in [-0.2, -0.15) is 0 Å². The Morgan fingerprint density at radius 2 is 0.451 bits per heavy atom. The Labute approximate surface area is 473 Å². The fraction of sp³-hybridized carbons (Fsp3) is 0. The summed E-state index contributed by atoms with van der Waals surface area (Å²) in [5.74, 6) is 0. The molecular formula is C78H50N4. The standard InChI is InChI=1S/C78H50N4/c1-5-19-51(20-6-1)54-35-43-71-65(47-54)66-48-55(52-21-7-2-8-22-52)36-44-72(66)80(71)58-38-40-59(41-39-58)81-69-31-15-13-27-63(69)77-61(29-17-33-75(77)81)62-30-18-34-76-78(62)64-28-14-16-32-70(64)82(76)60-42-46-74-68(50-60)67-49-56(53-23-9-3-10-24-53)37-45-73(67)79(74)57-25-11-4-12-26-57/h1-50H. The molecule has 0 N–H and O–H groups in total. The summed E-state index contributed by atoms with van der Waals surface area (Å²) in [5.41, 5.74) is 23.6. The maximum atomic E-state index is 2.48. The zero-order valence-electron chi connectivity index (χ0n) is 44.7. The fourth-order valence-electron chi connectivity index (χ4n) is 13.5. The Balaban J connectivity index is 0.819. The molecule has 0 atom stereocenters. The van der Waals surface area contributed by atoms with E-state index in [0.717, 1.165) is 22.7 Å². The Morgan fingerprint density at radius 3 is 0.878 bits per heavy atom. The van der Waals surface area contributed by atoms with Gasteiger partial charge in [-0.3, -0.25) is 0 Å². The van der Waals surface area contributed by atoms with E-state index in [-0.39, 0.29) is 0 Å². The summed E-state index contributed by atoms with van der Waals surface area (Å²) in [7, 11) is 0. The summed E-state index contributed by atoms with van der Waals surface area (Å²) in [6, 6.07) is 111. The molecule has 0 unspecified atom stereocenters. The van der Waals surface area contributed by atoms with E-state index in [9.17, 15) is 0 Å². The van der Waals surface area contributed by atoms with Gasteiger partial charge in [-0.25, -0.2) is 0 Å². The van der Waals surface area contributed by atoms with Crippen LogP contribution in [0.25, 0.3) is 154 Å². The van der Waals surface area contributed by atoms with Crippen LogP contribution in [0.15, 0.2) is 303 Å². The zero-order valence-corrected chi connectivity index (χ0v) is 44.7. The highest BCUT2D eigenvalue weighted by molar-refractivity contribution is 6.23. The third kappa shape index (κ3) is 7.05. The molecule has 13 aromatic carbocycles. The average molecular weight is 1040 g/mol. The minimum absolute atomic E-state index is 1.11. The van der Waals surface area contributed by atoms with Gasteiger partial charge in [-0.1, -0.05) is 188 Å². The van der Waals surface area contributed by atoms with Crippen LogP contribution >= 0.6 is 0 Å². The molecule has 0 fully saturated rings. The van der Waals surface area contributed by atoms with Crippen LogP contribution in [0.3, 0.4) is 0 Å². The monoisotopic (exact) mass is 1040 g/mol. The van der Waals surface area contributed by atoms with E-state index in [1.54, 1.807) is 0 Å². The second-order valence-electron chi connectivity index (χ2n) is 21.6. The van der Waals surface area contributed by atoms with Crippen LogP contribution in [0.4, 0.5) is 0 Å². The third-order valence-electron chi connectivity index (χ3n) is 17.2. The maximum Gasteiger partial charge on any atom is 0.0547 e. The second-order valence-corrected chi connectivity index (χ2v) is 21.6. The van der Waals surface area contributed by atoms with E-state index in [2.05, 4.69) is 322 Å². The lowest BCUT2D eigenvalue weighted by Gasteiger charge is -2.13. The van der Waals surface area contributed by atoms with Crippen molar-refractivity contribution in [3.8, 4) is 67.3 Å². The highest BCUT2D eigenvalue weighted by Gasteiger charge is 2.23. The molecule has 0 amide bonds. The lowest BCUT2D eigenvalue weighted by atomic mass is 9.95. The SMILES string of the molecule is c1ccc(-c2ccc3c(c2)c2cc(-c4ccccc4)ccc2n3-c2ccc(-n3c4ccccc4c4c(-c5cccc6c5c5ccccc5n6-c5ccc6c(c5)c5cc(-c7ccccc7)ccc5n6-c5ccccc5)cccc43)cc2)cc1. The quantitative estimate of drug-likeness (QED) is 0.145. The van der Waals surface area contributed by atoms with Crippen molar-refractivity contribution in [3.63, 3.8) is 0 Å². The van der Waals surface area contributed by atoms with Gasteiger partial charge in [-0.05, 0) is 160 Å². The van der Waals surface area contributed by atoms with Crippen LogP contribution in [0.1, 0.15) is 0 Å². The molecule has 0 saturated carbocycles. The average Bonchev–Trinajstić information content (AvgIpc) is 2.71. The minimum atomic E-state index is 1.11. The zero-order chi connectivity index (χ0) is 53.8. The largest absolute Gasteiger partial charge is 0.309 e. The first kappa shape index (κ1) is 46.0. The predicted molar refractivity (Wildman–Crippen MR) is 346 cm³/mol. The van der Waals surface area contributed by atoms with Crippen molar-refractivity contribution in [2.24, 2.45) is 0 Å². The third-order valence-corrected chi connectivity index (χ3v) is 17.2. The van der Waals surface area contributed by atoms with Gasteiger partial charge in [-0.15, -0.1) is 0 Å². The van der Waals surface area contributed by atoms with Crippen molar-refractivity contribution < 1.29 is 0 Å². The summed E-state index contributed by atoms with van der Waals surface area (Å²) in [6.45, 7) is 0. The molecule has 0 spiro atoms. The summed E-state index contributed by atoms with van der Waals surface area (Å²) in [5, 5.41) is 9.83. The highest BCUT2D eigenvalue weighted by Crippen LogP contribution is 2.46. The van der Waals surface area contributed by atoms with Gasteiger partial charge < -0.3 is 18.3 Å². The molecule has 4 heteroatoms. The van der Waals surface area contributed by atoms with Crippen molar-refractivity contribution in [1.29, 1.82) is 0 Å². The number of benzene rings is 13. The van der Waals surface area contributed by atoms with E-state index in [0.29, 0.717) is 0 Å². The Kier molecular flexibility index (Phi) is 10.3. The van der Waals surface area contributed by atoms with Crippen LogP contribution in [-0.2, 0) is 0 Å². The summed E-state index contributed by atoms with van der Waals surface area (Å²) in [6.07, 6.45) is 0. The predicted octanol–water partition coefficient (Wildman–Crippen LogP) is 20.7. The van der Waals surface area contributed by atoms with Gasteiger partial charge in [0.25, 0.3) is 0 Å². The smallest absolute Gasteiger partial charge is 0.0547 e. The summed E-state index contributed by atoms with van der Waals surface area (Å²) < 4.78 is 9.78. The number of rotatable bonds is 8. The molecule has 82 heavy (non-hydrogen) atoms. The Morgan fingerprint density at radius 1 is 0.159 bits per heavy atom. The second kappa shape index (κ2) is 18.3. The highest BCUT2D eigenvalue weighted by atomic mass is 15.0. The topological polar surface area (TPSA) is 19.7 Å². The fourth-order valence-corrected chi connectivity index (χ4v) is 13.5. The number of para-hydroxylation sites is 3. The number of fused-ring (bicyclic) bond motifs is 12. The van der Waals surface area contributed by atoms with Crippen LogP contribution in [0, 0.1) is 0 Å². The van der Waals surface area contributed by atoms with Crippen molar-refractivity contribution in [2.45, 2.75) is 0 Å². The summed E-state index contributed by atoms with van der Waals surface area (Å²) in [4.78, 5) is 0. The van der Waals surface area contributed by atoms with Gasteiger partial charge in [0.1, 0.15) is 0 Å². The van der Waals surface area contributed by atoms with Crippen molar-refractivity contribution in [1.82, 2.24) is 18.3 Å². The lowest BCUT2D eigenvalue weighted by Crippen LogP contribution is -1.97. The van der Waals surface area contributed by atoms with Crippen LogP contribution in [0.2, 0.25) is 0 Å². The number of aromatic nitrogens is 4. The molecule has 0 saturated heterocycles. The lowest BCUT2D eigenvalue weighted by molar-refractivity contribution is 1.14. The summed E-state index contributed by atoms with van der Waals surface area (Å²) >= 11 is 0. The van der Waals surface area contributed by atoms with Crippen LogP contribution < -0.4 is 0 Å². The number of hydrogen-bond donors (Lipinski definition) is 0. The molecule has 382 valence electrons. The van der Waals surface area contributed by atoms with Crippen molar-refractivity contribution in [3.05, 3.63) is 303 Å². The molecular weight excluding hydrogens is 993 g/mol. The number of nitrogens with zero attached hydrogens (tertiary/aromatic N) is 4. The first-order valence-corrected chi connectivity index (χ1v) is 28.2. The van der Waals surface area contributed by atoms with Crippen molar-refractivity contribution >= 4 is 87.2 Å². The normalized spacial score (nSPS) is 11.9. The van der Waals surface area contributed by atoms with Gasteiger partial charge in [0.2, 0.25) is 0 Å². The Bertz CT molecular complexity index is 5260. The van der Waals surface area contributed by atoms with Crippen LogP contribution in [-0.4, -0.2) is 18.3 Å². The van der Waals surface area contributed by atoms with E-state index in [4.69, 9.17) is 0 Å². The van der Waals surface area contributed by atoms with Gasteiger partial charge >= 0.3 is 0 Å². The molecule has 4 nitrogen and oxygen atoms in total. The van der Waals surface area contributed by atoms with Crippen molar-refractivity contribution in [2.75, 3.05) is 0 Å². The molecule has 0 aliphatic heterocycles.